The van der Waals surface area contributed by atoms with E-state index in [9.17, 15) is 8.78 Å². The van der Waals surface area contributed by atoms with Crippen LogP contribution in [0.2, 0.25) is 0 Å². The molecule has 1 fully saturated rings. The number of aromatic nitrogens is 2. The number of nitrogens with one attached hydrogen (secondary N) is 2. The summed E-state index contributed by atoms with van der Waals surface area (Å²) in [5.41, 5.74) is 6.19. The molecule has 2 aliphatic heterocycles. The van der Waals surface area contributed by atoms with Crippen LogP contribution in [0.25, 0.3) is 22.7 Å². The average Bonchev–Trinajstić information content (AvgIpc) is 3.14. The molecule has 6 nitrogen and oxygen atoms in total. The molecule has 4 aromatic rings. The second kappa shape index (κ2) is 9.61. The largest absolute Gasteiger partial charge is 0.488 e. The summed E-state index contributed by atoms with van der Waals surface area (Å²) >= 11 is 0. The molecule has 0 aliphatic carbocycles. The van der Waals surface area contributed by atoms with Crippen LogP contribution in [0.3, 0.4) is 0 Å². The Morgan fingerprint density at radius 2 is 1.76 bits per heavy atom. The maximum atomic E-state index is 14.0. The van der Waals surface area contributed by atoms with Crippen molar-refractivity contribution >= 4 is 22.7 Å². The van der Waals surface area contributed by atoms with E-state index in [0.29, 0.717) is 16.9 Å². The Morgan fingerprint density at radius 1 is 1.00 bits per heavy atom. The number of hydrogen-bond donors (Lipinski definition) is 2. The fourth-order valence-electron chi connectivity index (χ4n) is 5.36. The Kier molecular flexibility index (Phi) is 6.14. The zero-order valence-electron chi connectivity index (χ0n) is 20.6. The minimum absolute atomic E-state index is 0.117. The summed E-state index contributed by atoms with van der Waals surface area (Å²) in [5, 5.41) is 8.59. The zero-order chi connectivity index (χ0) is 25.5. The Hall–Kier alpha value is -3.75. The molecule has 3 heterocycles. The van der Waals surface area contributed by atoms with Crippen LogP contribution in [0.5, 0.6) is 5.75 Å². The number of morpholine rings is 1. The van der Waals surface area contributed by atoms with Crippen molar-refractivity contribution in [2.75, 3.05) is 32.8 Å². The van der Waals surface area contributed by atoms with E-state index in [4.69, 9.17) is 14.9 Å². The molecule has 0 radical (unpaired) electrons. The highest BCUT2D eigenvalue weighted by Gasteiger charge is 2.21. The van der Waals surface area contributed by atoms with E-state index < -0.39 is 0 Å². The van der Waals surface area contributed by atoms with Crippen molar-refractivity contribution in [3.8, 4) is 5.75 Å². The van der Waals surface area contributed by atoms with Gasteiger partial charge < -0.3 is 19.0 Å². The Morgan fingerprint density at radius 3 is 2.57 bits per heavy atom. The molecule has 0 amide bonds. The lowest BCUT2D eigenvalue weighted by molar-refractivity contribution is 0.0325. The van der Waals surface area contributed by atoms with Crippen molar-refractivity contribution < 1.29 is 18.3 Å². The quantitative estimate of drug-likeness (QED) is 0.408. The summed E-state index contributed by atoms with van der Waals surface area (Å²) in [6.45, 7) is 6.42. The molecule has 8 heteroatoms. The third-order valence-electron chi connectivity index (χ3n) is 7.13. The fraction of sp³-hybridized carbons (Fsp3) is 0.276. The van der Waals surface area contributed by atoms with Gasteiger partial charge in [-0.1, -0.05) is 12.1 Å². The highest BCUT2D eigenvalue weighted by molar-refractivity contribution is 5.95. The first-order chi connectivity index (χ1) is 18.0. The van der Waals surface area contributed by atoms with Gasteiger partial charge >= 0.3 is 0 Å². The molecular weight excluding hydrogens is 474 g/mol. The van der Waals surface area contributed by atoms with Crippen LogP contribution in [0.4, 0.5) is 8.78 Å². The minimum atomic E-state index is -0.387. The molecule has 2 aliphatic rings. The predicted octanol–water partition coefficient (Wildman–Crippen LogP) is 5.10. The van der Waals surface area contributed by atoms with Crippen LogP contribution in [0.1, 0.15) is 35.2 Å². The Labute approximate surface area is 213 Å². The van der Waals surface area contributed by atoms with E-state index in [0.717, 1.165) is 66.1 Å². The van der Waals surface area contributed by atoms with Crippen molar-refractivity contribution in [1.29, 1.82) is 5.41 Å². The van der Waals surface area contributed by atoms with Gasteiger partial charge in [0.15, 0.2) is 0 Å². The molecule has 0 unspecified atom stereocenters. The molecule has 37 heavy (non-hydrogen) atoms. The van der Waals surface area contributed by atoms with Crippen LogP contribution in [-0.4, -0.2) is 47.3 Å². The number of hydrogen-bond acceptors (Lipinski definition) is 4. The van der Waals surface area contributed by atoms with E-state index in [1.807, 2.05) is 28.8 Å². The number of ether oxygens (including phenoxy) is 2. The Balaban J connectivity index is 1.41. The van der Waals surface area contributed by atoms with Crippen LogP contribution in [-0.2, 0) is 11.3 Å². The first-order valence-electron chi connectivity index (χ1n) is 12.5. The summed E-state index contributed by atoms with van der Waals surface area (Å²) in [6, 6.07) is 15.3. The number of fused-ring (bicyclic) bond motifs is 3. The maximum Gasteiger partial charge on any atom is 0.200 e. The van der Waals surface area contributed by atoms with Gasteiger partial charge in [-0.05, 0) is 66.1 Å². The van der Waals surface area contributed by atoms with Crippen molar-refractivity contribution in [1.82, 2.24) is 14.5 Å². The van der Waals surface area contributed by atoms with Crippen LogP contribution < -0.4 is 10.4 Å². The summed E-state index contributed by atoms with van der Waals surface area (Å²) in [7, 11) is 0. The van der Waals surface area contributed by atoms with E-state index in [-0.39, 0.29) is 24.3 Å². The Bertz CT molecular complexity index is 1510. The number of nitrogens with zero attached hydrogens (tertiary/aromatic N) is 2. The molecule has 0 saturated carbocycles. The van der Waals surface area contributed by atoms with Gasteiger partial charge in [0, 0.05) is 42.9 Å². The lowest BCUT2D eigenvalue weighted by atomic mass is 9.92. The normalized spacial score (nSPS) is 17.8. The zero-order valence-corrected chi connectivity index (χ0v) is 20.6. The topological polar surface area (TPSA) is 66.3 Å². The SMILES string of the molecule is C[C@H](CN1CCOCC1)n1c(=N)[nH]c2cc(/C=C3\c4ccc(F)cc4COc4cc(F)ccc43)ccc21. The second-order valence-corrected chi connectivity index (χ2v) is 9.67. The van der Waals surface area contributed by atoms with Gasteiger partial charge in [0.25, 0.3) is 0 Å². The van der Waals surface area contributed by atoms with Crippen molar-refractivity contribution in [3.05, 3.63) is 94.1 Å². The number of aromatic amines is 1. The second-order valence-electron chi connectivity index (χ2n) is 9.67. The van der Waals surface area contributed by atoms with Gasteiger partial charge in [-0.2, -0.15) is 0 Å². The summed E-state index contributed by atoms with van der Waals surface area (Å²) in [5.74, 6) is -0.306. The van der Waals surface area contributed by atoms with E-state index in [2.05, 4.69) is 16.8 Å². The van der Waals surface area contributed by atoms with Crippen LogP contribution >= 0.6 is 0 Å². The van der Waals surface area contributed by atoms with Gasteiger partial charge in [0.05, 0.1) is 24.2 Å². The molecule has 1 aromatic heterocycles. The van der Waals surface area contributed by atoms with Crippen molar-refractivity contribution in [3.63, 3.8) is 0 Å². The molecule has 6 rings (SSSR count). The standard InChI is InChI=1S/C29H28F2N4O2/c1-18(16-34-8-10-36-11-9-34)35-27-7-2-19(13-26(27)33-29(35)32)12-25-23-5-3-21(30)14-20(23)17-37-28-15-22(31)4-6-24(25)28/h2-7,12-15,18H,8-11,16-17H2,1H3,(H2,32,33)/b25-12+/t18-/m1/s1. The predicted molar refractivity (Wildman–Crippen MR) is 138 cm³/mol. The third-order valence-corrected chi connectivity index (χ3v) is 7.13. The smallest absolute Gasteiger partial charge is 0.200 e. The lowest BCUT2D eigenvalue weighted by Crippen LogP contribution is -2.40. The lowest BCUT2D eigenvalue weighted by Gasteiger charge is -2.29. The molecule has 190 valence electrons. The van der Waals surface area contributed by atoms with E-state index >= 15 is 0 Å². The van der Waals surface area contributed by atoms with E-state index in [1.54, 1.807) is 12.1 Å². The van der Waals surface area contributed by atoms with Crippen LogP contribution in [0, 0.1) is 17.0 Å². The average molecular weight is 503 g/mol. The van der Waals surface area contributed by atoms with E-state index in [1.165, 1.54) is 24.3 Å². The highest BCUT2D eigenvalue weighted by Crippen LogP contribution is 2.38. The van der Waals surface area contributed by atoms with Gasteiger partial charge in [-0.3, -0.25) is 10.3 Å². The highest BCUT2D eigenvalue weighted by atomic mass is 19.1. The van der Waals surface area contributed by atoms with Gasteiger partial charge in [0.2, 0.25) is 5.62 Å². The molecule has 3 aromatic carbocycles. The molecule has 0 spiro atoms. The molecule has 1 saturated heterocycles. The summed E-state index contributed by atoms with van der Waals surface area (Å²) < 4.78 is 41.4. The minimum Gasteiger partial charge on any atom is -0.488 e. The number of imidazole rings is 1. The first kappa shape index (κ1) is 23.6. The summed E-state index contributed by atoms with van der Waals surface area (Å²) in [4.78, 5) is 5.59. The van der Waals surface area contributed by atoms with Gasteiger partial charge in [-0.25, -0.2) is 8.78 Å². The molecular formula is C29H28F2N4O2. The summed E-state index contributed by atoms with van der Waals surface area (Å²) in [6.07, 6.45) is 2.01. The maximum absolute atomic E-state index is 14.0. The molecule has 0 bridgehead atoms. The number of halogens is 2. The number of H-pyrrole nitrogens is 1. The van der Waals surface area contributed by atoms with Gasteiger partial charge in [-0.15, -0.1) is 0 Å². The third kappa shape index (κ3) is 4.58. The fourth-order valence-corrected chi connectivity index (χ4v) is 5.36. The van der Waals surface area contributed by atoms with Crippen molar-refractivity contribution in [2.45, 2.75) is 19.6 Å². The monoisotopic (exact) mass is 502 g/mol. The van der Waals surface area contributed by atoms with Crippen molar-refractivity contribution in [2.24, 2.45) is 0 Å². The number of benzene rings is 3. The first-order valence-corrected chi connectivity index (χ1v) is 12.5. The molecule has 2 N–H and O–H groups in total. The molecule has 1 atom stereocenters. The number of rotatable bonds is 4. The van der Waals surface area contributed by atoms with Gasteiger partial charge in [0.1, 0.15) is 24.0 Å². The van der Waals surface area contributed by atoms with Crippen LogP contribution in [0.15, 0.2) is 54.6 Å².